The highest BCUT2D eigenvalue weighted by molar-refractivity contribution is 9.10. The minimum Gasteiger partial charge on any atom is -0.466 e. The van der Waals surface area contributed by atoms with E-state index in [1.807, 2.05) is 18.2 Å². The molecular weight excluding hydrogens is 284 g/mol. The van der Waals surface area contributed by atoms with Crippen LogP contribution in [0.3, 0.4) is 0 Å². The van der Waals surface area contributed by atoms with E-state index < -0.39 is 0 Å². The largest absolute Gasteiger partial charge is 0.466 e. The minimum absolute atomic E-state index is 0.115. The molecule has 0 N–H and O–H groups in total. The van der Waals surface area contributed by atoms with Crippen LogP contribution in [0.1, 0.15) is 25.0 Å². The second-order valence-electron chi connectivity index (χ2n) is 3.79. The Hall–Kier alpha value is -1.16. The SMILES string of the molecule is CCOC(=O)Cc1ccc(CC(C)=O)c(Br)c1. The van der Waals surface area contributed by atoms with Crippen LogP contribution in [0.15, 0.2) is 22.7 Å². The number of carbonyl (C=O) groups is 2. The molecule has 92 valence electrons. The molecule has 0 saturated heterocycles. The van der Waals surface area contributed by atoms with Gasteiger partial charge in [-0.2, -0.15) is 0 Å². The number of esters is 1. The third kappa shape index (κ3) is 4.69. The molecule has 0 aliphatic carbocycles. The Morgan fingerprint density at radius 1 is 1.29 bits per heavy atom. The van der Waals surface area contributed by atoms with Crippen molar-refractivity contribution in [3.63, 3.8) is 0 Å². The Labute approximate surface area is 109 Å². The van der Waals surface area contributed by atoms with Crippen LogP contribution >= 0.6 is 15.9 Å². The first-order chi connectivity index (χ1) is 8.02. The summed E-state index contributed by atoms with van der Waals surface area (Å²) in [7, 11) is 0. The number of benzene rings is 1. The Bertz CT molecular complexity index is 427. The van der Waals surface area contributed by atoms with Crippen LogP contribution in [-0.2, 0) is 27.2 Å². The van der Waals surface area contributed by atoms with E-state index in [2.05, 4.69) is 15.9 Å². The minimum atomic E-state index is -0.237. The summed E-state index contributed by atoms with van der Waals surface area (Å²) in [6.45, 7) is 3.73. The molecule has 0 aliphatic rings. The summed E-state index contributed by atoms with van der Waals surface area (Å²) in [4.78, 5) is 22.3. The van der Waals surface area contributed by atoms with Crippen LogP contribution in [0.5, 0.6) is 0 Å². The van der Waals surface area contributed by atoms with Gasteiger partial charge in [0.05, 0.1) is 13.0 Å². The molecule has 0 heterocycles. The predicted octanol–water partition coefficient (Wildman–Crippen LogP) is 2.69. The van der Waals surface area contributed by atoms with Crippen LogP contribution in [0, 0.1) is 0 Å². The predicted molar refractivity (Wildman–Crippen MR) is 68.9 cm³/mol. The maximum absolute atomic E-state index is 11.3. The van der Waals surface area contributed by atoms with Crippen LogP contribution in [-0.4, -0.2) is 18.4 Å². The summed E-state index contributed by atoms with van der Waals surface area (Å²) in [5.41, 5.74) is 1.81. The normalized spacial score (nSPS) is 10.1. The van der Waals surface area contributed by atoms with Gasteiger partial charge in [0.25, 0.3) is 0 Å². The van der Waals surface area contributed by atoms with Crippen molar-refractivity contribution in [2.75, 3.05) is 6.61 Å². The van der Waals surface area contributed by atoms with Crippen molar-refractivity contribution in [3.8, 4) is 0 Å². The van der Waals surface area contributed by atoms with Gasteiger partial charge < -0.3 is 4.74 Å². The van der Waals surface area contributed by atoms with Crippen molar-refractivity contribution < 1.29 is 14.3 Å². The molecular formula is C13H15BrO3. The van der Waals surface area contributed by atoms with Gasteiger partial charge in [0, 0.05) is 10.9 Å². The zero-order valence-corrected chi connectivity index (χ0v) is 11.5. The number of hydrogen-bond donors (Lipinski definition) is 0. The van der Waals surface area contributed by atoms with Crippen molar-refractivity contribution in [3.05, 3.63) is 33.8 Å². The molecule has 0 bridgehead atoms. The van der Waals surface area contributed by atoms with Gasteiger partial charge in [-0.25, -0.2) is 0 Å². The molecule has 3 nitrogen and oxygen atoms in total. The van der Waals surface area contributed by atoms with Crippen molar-refractivity contribution in [2.24, 2.45) is 0 Å². The van der Waals surface area contributed by atoms with E-state index in [1.54, 1.807) is 13.8 Å². The van der Waals surface area contributed by atoms with Gasteiger partial charge in [-0.1, -0.05) is 28.1 Å². The van der Waals surface area contributed by atoms with Crippen molar-refractivity contribution >= 4 is 27.7 Å². The average molecular weight is 299 g/mol. The molecule has 0 aromatic heterocycles. The van der Waals surface area contributed by atoms with Crippen molar-refractivity contribution in [2.45, 2.75) is 26.7 Å². The molecule has 0 fully saturated rings. The number of Topliss-reactive ketones (excluding diaryl/α,β-unsaturated/α-hetero) is 1. The van der Waals surface area contributed by atoms with E-state index in [-0.39, 0.29) is 18.2 Å². The van der Waals surface area contributed by atoms with Gasteiger partial charge in [-0.15, -0.1) is 0 Å². The van der Waals surface area contributed by atoms with Gasteiger partial charge in [0.1, 0.15) is 5.78 Å². The highest BCUT2D eigenvalue weighted by Crippen LogP contribution is 2.20. The average Bonchev–Trinajstić information content (AvgIpc) is 2.22. The van der Waals surface area contributed by atoms with Crippen LogP contribution < -0.4 is 0 Å². The van der Waals surface area contributed by atoms with Crippen LogP contribution in [0.4, 0.5) is 0 Å². The van der Waals surface area contributed by atoms with Gasteiger partial charge in [0.2, 0.25) is 0 Å². The fraction of sp³-hybridized carbons (Fsp3) is 0.385. The molecule has 0 atom stereocenters. The summed E-state index contributed by atoms with van der Waals surface area (Å²) in [6, 6.07) is 5.56. The second kappa shape index (κ2) is 6.55. The lowest BCUT2D eigenvalue weighted by Crippen LogP contribution is -2.07. The van der Waals surface area contributed by atoms with Gasteiger partial charge in [-0.05, 0) is 31.0 Å². The molecule has 0 spiro atoms. The summed E-state index contributed by atoms with van der Waals surface area (Å²) >= 11 is 3.40. The van der Waals surface area contributed by atoms with E-state index in [9.17, 15) is 9.59 Å². The first-order valence-corrected chi connectivity index (χ1v) is 6.24. The van der Waals surface area contributed by atoms with Crippen LogP contribution in [0.2, 0.25) is 0 Å². The van der Waals surface area contributed by atoms with E-state index in [0.717, 1.165) is 15.6 Å². The number of ketones is 1. The van der Waals surface area contributed by atoms with E-state index in [4.69, 9.17) is 4.74 Å². The summed E-state index contributed by atoms with van der Waals surface area (Å²) in [6.07, 6.45) is 0.660. The Morgan fingerprint density at radius 3 is 2.53 bits per heavy atom. The van der Waals surface area contributed by atoms with Gasteiger partial charge in [-0.3, -0.25) is 9.59 Å². The lowest BCUT2D eigenvalue weighted by molar-refractivity contribution is -0.142. The zero-order chi connectivity index (χ0) is 12.8. The van der Waals surface area contributed by atoms with Crippen molar-refractivity contribution in [1.82, 2.24) is 0 Å². The van der Waals surface area contributed by atoms with E-state index >= 15 is 0 Å². The van der Waals surface area contributed by atoms with Crippen molar-refractivity contribution in [1.29, 1.82) is 0 Å². The molecule has 0 radical (unpaired) electrons. The first kappa shape index (κ1) is 13.9. The second-order valence-corrected chi connectivity index (χ2v) is 4.64. The maximum atomic E-state index is 11.3. The molecule has 1 aromatic carbocycles. The molecule has 4 heteroatoms. The Morgan fingerprint density at radius 2 is 2.00 bits per heavy atom. The number of halogens is 1. The number of ether oxygens (including phenoxy) is 1. The fourth-order valence-electron chi connectivity index (χ4n) is 1.49. The molecule has 0 saturated carbocycles. The summed E-state index contributed by atoms with van der Waals surface area (Å²) in [5.74, 6) is -0.123. The van der Waals surface area contributed by atoms with E-state index in [0.29, 0.717) is 13.0 Å². The lowest BCUT2D eigenvalue weighted by Gasteiger charge is -2.06. The molecule has 0 aliphatic heterocycles. The number of carbonyl (C=O) groups excluding carboxylic acids is 2. The highest BCUT2D eigenvalue weighted by Gasteiger charge is 2.07. The van der Waals surface area contributed by atoms with Crippen LogP contribution in [0.25, 0.3) is 0 Å². The zero-order valence-electron chi connectivity index (χ0n) is 9.96. The maximum Gasteiger partial charge on any atom is 0.310 e. The third-order valence-corrected chi connectivity index (χ3v) is 2.95. The standard InChI is InChI=1S/C13H15BrO3/c1-3-17-13(16)8-10-4-5-11(6-9(2)15)12(14)7-10/h4-5,7H,3,6,8H2,1-2H3. The third-order valence-electron chi connectivity index (χ3n) is 2.21. The lowest BCUT2D eigenvalue weighted by atomic mass is 10.1. The van der Waals surface area contributed by atoms with E-state index in [1.165, 1.54) is 0 Å². The monoisotopic (exact) mass is 298 g/mol. The Balaban J connectivity index is 2.74. The quantitative estimate of drug-likeness (QED) is 0.785. The number of rotatable bonds is 5. The van der Waals surface area contributed by atoms with Gasteiger partial charge >= 0.3 is 5.97 Å². The molecule has 1 rings (SSSR count). The molecule has 1 aromatic rings. The Kier molecular flexibility index (Phi) is 5.35. The summed E-state index contributed by atoms with van der Waals surface area (Å²) < 4.78 is 5.73. The van der Waals surface area contributed by atoms with Gasteiger partial charge in [0.15, 0.2) is 0 Å². The molecule has 0 amide bonds. The molecule has 0 unspecified atom stereocenters. The smallest absolute Gasteiger partial charge is 0.310 e. The first-order valence-electron chi connectivity index (χ1n) is 5.45. The highest BCUT2D eigenvalue weighted by atomic mass is 79.9. The molecule has 17 heavy (non-hydrogen) atoms. The fourth-order valence-corrected chi connectivity index (χ4v) is 2.06. The number of hydrogen-bond acceptors (Lipinski definition) is 3. The topological polar surface area (TPSA) is 43.4 Å². The summed E-state index contributed by atoms with van der Waals surface area (Å²) in [5, 5.41) is 0.